The summed E-state index contributed by atoms with van der Waals surface area (Å²) in [5.74, 6) is -0.274. The Kier molecular flexibility index (Phi) is 3.63. The fourth-order valence-electron chi connectivity index (χ4n) is 2.55. The smallest absolute Gasteiger partial charge is 0.147 e. The molecule has 0 aliphatic carbocycles. The zero-order valence-corrected chi connectivity index (χ0v) is 10.1. The fraction of sp³-hybridized carbons (Fsp3) is 0.500. The molecular weight excluding hydrogens is 215 g/mol. The van der Waals surface area contributed by atoms with Crippen molar-refractivity contribution in [2.75, 3.05) is 11.4 Å². The maximum absolute atomic E-state index is 13.9. The van der Waals surface area contributed by atoms with E-state index in [1.807, 2.05) is 6.07 Å². The monoisotopic (exact) mass is 232 g/mol. The average Bonchev–Trinajstić information content (AvgIpc) is 2.38. The molecule has 0 aromatic heterocycles. The van der Waals surface area contributed by atoms with Crippen molar-refractivity contribution in [3.63, 3.8) is 0 Å². The van der Waals surface area contributed by atoms with Gasteiger partial charge in [0.25, 0.3) is 0 Å². The van der Waals surface area contributed by atoms with Gasteiger partial charge in [-0.2, -0.15) is 5.26 Å². The highest BCUT2D eigenvalue weighted by molar-refractivity contribution is 5.52. The molecule has 1 heterocycles. The molecule has 1 aromatic rings. The first-order valence-corrected chi connectivity index (χ1v) is 6.22. The molecule has 1 saturated heterocycles. The molecule has 1 atom stereocenters. The van der Waals surface area contributed by atoms with Gasteiger partial charge in [0.2, 0.25) is 0 Å². The quantitative estimate of drug-likeness (QED) is 0.780. The molecule has 3 heteroatoms. The number of piperidine rings is 1. The van der Waals surface area contributed by atoms with Crippen LogP contribution in [0.15, 0.2) is 18.2 Å². The van der Waals surface area contributed by atoms with E-state index in [1.165, 1.54) is 12.5 Å². The Bertz CT molecular complexity index is 436. The van der Waals surface area contributed by atoms with Gasteiger partial charge >= 0.3 is 0 Å². The molecule has 1 unspecified atom stereocenters. The highest BCUT2D eigenvalue weighted by atomic mass is 19.1. The number of rotatable bonds is 2. The molecule has 1 aromatic carbocycles. The van der Waals surface area contributed by atoms with Crippen LogP contribution in [0.2, 0.25) is 0 Å². The first-order chi connectivity index (χ1) is 8.26. The van der Waals surface area contributed by atoms with Crippen LogP contribution in [-0.4, -0.2) is 12.6 Å². The van der Waals surface area contributed by atoms with E-state index >= 15 is 0 Å². The van der Waals surface area contributed by atoms with Crippen molar-refractivity contribution >= 4 is 5.69 Å². The van der Waals surface area contributed by atoms with Gasteiger partial charge in [0.1, 0.15) is 5.82 Å². The molecule has 0 saturated carbocycles. The van der Waals surface area contributed by atoms with Crippen molar-refractivity contribution in [1.82, 2.24) is 0 Å². The third-order valence-electron chi connectivity index (χ3n) is 3.48. The largest absolute Gasteiger partial charge is 0.366 e. The van der Waals surface area contributed by atoms with Gasteiger partial charge in [-0.15, -0.1) is 0 Å². The summed E-state index contributed by atoms with van der Waals surface area (Å²) >= 11 is 0. The summed E-state index contributed by atoms with van der Waals surface area (Å²) in [4.78, 5) is 2.15. The zero-order chi connectivity index (χ0) is 12.3. The lowest BCUT2D eigenvalue weighted by Crippen LogP contribution is -2.39. The van der Waals surface area contributed by atoms with Crippen LogP contribution in [0.1, 0.15) is 38.2 Å². The van der Waals surface area contributed by atoms with E-state index < -0.39 is 0 Å². The predicted molar refractivity (Wildman–Crippen MR) is 66.4 cm³/mol. The maximum atomic E-state index is 13.9. The number of nitriles is 1. The SMILES string of the molecule is CCC1CCCCN1c1ccc(C#N)cc1F. The lowest BCUT2D eigenvalue weighted by Gasteiger charge is -2.37. The second-order valence-electron chi connectivity index (χ2n) is 4.53. The highest BCUT2D eigenvalue weighted by Crippen LogP contribution is 2.28. The van der Waals surface area contributed by atoms with Crippen LogP contribution >= 0.6 is 0 Å². The summed E-state index contributed by atoms with van der Waals surface area (Å²) in [5, 5.41) is 8.73. The molecule has 0 bridgehead atoms. The van der Waals surface area contributed by atoms with Crippen LogP contribution < -0.4 is 4.90 Å². The molecule has 90 valence electrons. The molecule has 1 fully saturated rings. The van der Waals surface area contributed by atoms with Crippen molar-refractivity contribution in [1.29, 1.82) is 5.26 Å². The van der Waals surface area contributed by atoms with Gasteiger partial charge < -0.3 is 4.90 Å². The zero-order valence-electron chi connectivity index (χ0n) is 10.1. The van der Waals surface area contributed by atoms with Gasteiger partial charge in [-0.25, -0.2) is 4.39 Å². The Balaban J connectivity index is 2.29. The third kappa shape index (κ3) is 2.41. The highest BCUT2D eigenvalue weighted by Gasteiger charge is 2.23. The molecule has 0 amide bonds. The summed E-state index contributed by atoms with van der Waals surface area (Å²) < 4.78 is 13.9. The number of benzene rings is 1. The molecular formula is C14H17FN2. The van der Waals surface area contributed by atoms with Crippen molar-refractivity contribution in [2.45, 2.75) is 38.6 Å². The van der Waals surface area contributed by atoms with Crippen molar-refractivity contribution in [3.8, 4) is 6.07 Å². The number of hydrogen-bond acceptors (Lipinski definition) is 2. The lowest BCUT2D eigenvalue weighted by atomic mass is 9.99. The second-order valence-corrected chi connectivity index (χ2v) is 4.53. The average molecular weight is 232 g/mol. The molecule has 1 aliphatic rings. The molecule has 0 radical (unpaired) electrons. The van der Waals surface area contributed by atoms with Gasteiger partial charge in [-0.3, -0.25) is 0 Å². The van der Waals surface area contributed by atoms with Crippen LogP contribution in [0.5, 0.6) is 0 Å². The molecule has 1 aliphatic heterocycles. The van der Waals surface area contributed by atoms with Crippen LogP contribution in [0.4, 0.5) is 10.1 Å². The summed E-state index contributed by atoms with van der Waals surface area (Å²) in [5.41, 5.74) is 1.03. The van der Waals surface area contributed by atoms with Crippen LogP contribution in [0, 0.1) is 17.1 Å². The Morgan fingerprint density at radius 2 is 2.29 bits per heavy atom. The minimum atomic E-state index is -0.274. The molecule has 0 spiro atoms. The van der Waals surface area contributed by atoms with Crippen molar-refractivity contribution < 1.29 is 4.39 Å². The van der Waals surface area contributed by atoms with E-state index in [1.54, 1.807) is 12.1 Å². The Labute approximate surface area is 102 Å². The first-order valence-electron chi connectivity index (χ1n) is 6.22. The summed E-state index contributed by atoms with van der Waals surface area (Å²) in [7, 11) is 0. The van der Waals surface area contributed by atoms with Crippen LogP contribution in [0.3, 0.4) is 0 Å². The van der Waals surface area contributed by atoms with E-state index in [2.05, 4.69) is 11.8 Å². The van der Waals surface area contributed by atoms with Crippen LogP contribution in [0.25, 0.3) is 0 Å². The number of halogens is 1. The van der Waals surface area contributed by atoms with Crippen molar-refractivity contribution in [3.05, 3.63) is 29.6 Å². The van der Waals surface area contributed by atoms with Gasteiger partial charge in [0, 0.05) is 12.6 Å². The summed E-state index contributed by atoms with van der Waals surface area (Å²) in [6, 6.07) is 7.16. The molecule has 2 rings (SSSR count). The topological polar surface area (TPSA) is 27.0 Å². The Hall–Kier alpha value is -1.56. The fourth-order valence-corrected chi connectivity index (χ4v) is 2.55. The molecule has 17 heavy (non-hydrogen) atoms. The lowest BCUT2D eigenvalue weighted by molar-refractivity contribution is 0.443. The van der Waals surface area contributed by atoms with E-state index in [4.69, 9.17) is 5.26 Å². The number of anilines is 1. The van der Waals surface area contributed by atoms with E-state index in [9.17, 15) is 4.39 Å². The van der Waals surface area contributed by atoms with Gasteiger partial charge in [-0.05, 0) is 43.9 Å². The van der Waals surface area contributed by atoms with Gasteiger partial charge in [0.15, 0.2) is 0 Å². The van der Waals surface area contributed by atoms with Crippen LogP contribution in [-0.2, 0) is 0 Å². The third-order valence-corrected chi connectivity index (χ3v) is 3.48. The maximum Gasteiger partial charge on any atom is 0.147 e. The predicted octanol–water partition coefficient (Wildman–Crippen LogP) is 3.47. The minimum Gasteiger partial charge on any atom is -0.366 e. The Morgan fingerprint density at radius 3 is 2.94 bits per heavy atom. The second kappa shape index (κ2) is 5.18. The molecule has 0 N–H and O–H groups in total. The molecule has 2 nitrogen and oxygen atoms in total. The number of nitrogens with zero attached hydrogens (tertiary/aromatic N) is 2. The van der Waals surface area contributed by atoms with E-state index in [0.717, 1.165) is 25.8 Å². The van der Waals surface area contributed by atoms with Gasteiger partial charge in [0.05, 0.1) is 17.3 Å². The summed E-state index contributed by atoms with van der Waals surface area (Å²) in [6.45, 7) is 3.06. The van der Waals surface area contributed by atoms with Crippen molar-refractivity contribution in [2.24, 2.45) is 0 Å². The Morgan fingerprint density at radius 1 is 1.47 bits per heavy atom. The standard InChI is InChI=1S/C14H17FN2/c1-2-12-5-3-4-8-17(12)14-7-6-11(10-16)9-13(14)15/h6-7,9,12H,2-5,8H2,1H3. The first kappa shape index (κ1) is 11.9. The van der Waals surface area contributed by atoms with Gasteiger partial charge in [-0.1, -0.05) is 6.92 Å². The van der Waals surface area contributed by atoms with E-state index in [0.29, 0.717) is 17.3 Å². The minimum absolute atomic E-state index is 0.274. The number of hydrogen-bond donors (Lipinski definition) is 0. The summed E-state index contributed by atoms with van der Waals surface area (Å²) in [6.07, 6.45) is 4.53. The normalized spacial score (nSPS) is 20.1. The van der Waals surface area contributed by atoms with E-state index in [-0.39, 0.29) is 5.82 Å².